The first-order valence-electron chi connectivity index (χ1n) is 8.41. The fraction of sp³-hybridized carbons (Fsp3) is 0.200. The third-order valence-corrected chi connectivity index (χ3v) is 4.70. The summed E-state index contributed by atoms with van der Waals surface area (Å²) in [5.41, 5.74) is 4.47. The summed E-state index contributed by atoms with van der Waals surface area (Å²) in [5, 5.41) is 1.14. The molecule has 1 amide bonds. The average molecular weight is 332 g/mol. The van der Waals surface area contributed by atoms with Crippen LogP contribution in [0.2, 0.25) is 0 Å². The molecule has 0 unspecified atom stereocenters. The molecule has 0 bridgehead atoms. The molecule has 0 fully saturated rings. The van der Waals surface area contributed by atoms with E-state index in [1.807, 2.05) is 30.3 Å². The predicted octanol–water partition coefficient (Wildman–Crippen LogP) is 3.58. The van der Waals surface area contributed by atoms with E-state index in [2.05, 4.69) is 40.3 Å². The lowest BCUT2D eigenvalue weighted by molar-refractivity contribution is -0.106. The van der Waals surface area contributed by atoms with E-state index in [1.54, 1.807) is 11.1 Å². The Kier molecular flexibility index (Phi) is 4.07. The van der Waals surface area contributed by atoms with Gasteiger partial charge in [0.15, 0.2) is 0 Å². The number of pyridine rings is 1. The van der Waals surface area contributed by atoms with Gasteiger partial charge in [-0.1, -0.05) is 12.1 Å². The minimum atomic E-state index is 0.618. The van der Waals surface area contributed by atoms with Gasteiger partial charge in [-0.25, -0.2) is 4.98 Å². The highest BCUT2D eigenvalue weighted by Gasteiger charge is 2.16. The molecule has 25 heavy (non-hydrogen) atoms. The Bertz CT molecular complexity index is 929. The van der Waals surface area contributed by atoms with Crippen LogP contribution in [0, 0.1) is 0 Å². The van der Waals surface area contributed by atoms with Gasteiger partial charge >= 0.3 is 0 Å². The van der Waals surface area contributed by atoms with Crippen molar-refractivity contribution >= 4 is 34.4 Å². The van der Waals surface area contributed by atoms with E-state index < -0.39 is 0 Å². The summed E-state index contributed by atoms with van der Waals surface area (Å²) in [7, 11) is 2.13. The van der Waals surface area contributed by atoms with Gasteiger partial charge in [-0.05, 0) is 49.4 Å². The van der Waals surface area contributed by atoms with Gasteiger partial charge in [-0.15, -0.1) is 0 Å². The van der Waals surface area contributed by atoms with Crippen LogP contribution in [-0.4, -0.2) is 41.4 Å². The van der Waals surface area contributed by atoms with Gasteiger partial charge in [0.2, 0.25) is 6.41 Å². The molecule has 0 saturated carbocycles. The number of nitrogens with zero attached hydrogens (tertiary/aromatic N) is 3. The number of anilines is 2. The third-order valence-electron chi connectivity index (χ3n) is 4.70. The topological polar surface area (TPSA) is 52.2 Å². The molecule has 5 heteroatoms. The minimum absolute atomic E-state index is 0.618. The maximum Gasteiger partial charge on any atom is 0.219 e. The second-order valence-electron chi connectivity index (χ2n) is 6.34. The van der Waals surface area contributed by atoms with Crippen molar-refractivity contribution in [3.05, 3.63) is 60.4 Å². The van der Waals surface area contributed by atoms with Crippen molar-refractivity contribution in [3.63, 3.8) is 0 Å². The van der Waals surface area contributed by atoms with E-state index in [1.165, 1.54) is 11.1 Å². The van der Waals surface area contributed by atoms with Crippen LogP contribution < -0.4 is 4.90 Å². The van der Waals surface area contributed by atoms with Crippen molar-refractivity contribution in [3.8, 4) is 0 Å². The summed E-state index contributed by atoms with van der Waals surface area (Å²) in [6.07, 6.45) is 7.89. The summed E-state index contributed by atoms with van der Waals surface area (Å²) < 4.78 is 0. The Morgan fingerprint density at radius 1 is 1.28 bits per heavy atom. The summed E-state index contributed by atoms with van der Waals surface area (Å²) in [6.45, 7) is 2.03. The van der Waals surface area contributed by atoms with Crippen LogP contribution in [-0.2, 0) is 4.79 Å². The molecule has 1 N–H and O–H groups in total. The number of benzene rings is 1. The van der Waals surface area contributed by atoms with Crippen LogP contribution in [0.4, 0.5) is 11.5 Å². The average Bonchev–Trinajstić information content (AvgIpc) is 3.07. The highest BCUT2D eigenvalue weighted by atomic mass is 16.1. The van der Waals surface area contributed by atoms with Crippen molar-refractivity contribution in [2.75, 3.05) is 25.0 Å². The fourth-order valence-corrected chi connectivity index (χ4v) is 3.28. The zero-order valence-corrected chi connectivity index (χ0v) is 14.1. The Hall–Kier alpha value is -2.92. The van der Waals surface area contributed by atoms with E-state index in [-0.39, 0.29) is 0 Å². The SMILES string of the molecule is CN1CC=C(c2c[nH]c3ccc(N(C=O)c4ccccn4)cc23)CC1. The van der Waals surface area contributed by atoms with Crippen molar-refractivity contribution in [1.82, 2.24) is 14.9 Å². The molecule has 0 saturated heterocycles. The number of H-pyrrole nitrogens is 1. The lowest BCUT2D eigenvalue weighted by Gasteiger charge is -2.22. The number of aromatic nitrogens is 2. The highest BCUT2D eigenvalue weighted by Crippen LogP contribution is 2.32. The number of hydrogen-bond acceptors (Lipinski definition) is 3. The Balaban J connectivity index is 1.77. The molecule has 5 nitrogen and oxygen atoms in total. The number of fused-ring (bicyclic) bond motifs is 1. The van der Waals surface area contributed by atoms with Gasteiger partial charge in [-0.3, -0.25) is 9.69 Å². The maximum absolute atomic E-state index is 11.7. The lowest BCUT2D eigenvalue weighted by Crippen LogP contribution is -2.23. The molecule has 2 aromatic heterocycles. The van der Waals surface area contributed by atoms with Crippen molar-refractivity contribution in [2.45, 2.75) is 6.42 Å². The van der Waals surface area contributed by atoms with Gasteiger partial charge < -0.3 is 9.88 Å². The Morgan fingerprint density at radius 3 is 2.92 bits per heavy atom. The first kappa shape index (κ1) is 15.6. The lowest BCUT2D eigenvalue weighted by atomic mass is 9.99. The third kappa shape index (κ3) is 2.94. The fourth-order valence-electron chi connectivity index (χ4n) is 3.28. The number of rotatable bonds is 4. The van der Waals surface area contributed by atoms with E-state index in [0.29, 0.717) is 5.82 Å². The molecule has 4 rings (SSSR count). The number of amides is 1. The standard InChI is InChI=1S/C20H20N4O/c1-23-10-7-15(8-11-23)18-13-22-19-6-5-16(12-17(18)19)24(14-25)20-4-2-3-9-21-20/h2-7,9,12-14,22H,8,10-11H2,1H3. The molecular weight excluding hydrogens is 312 g/mol. The molecular formula is C20H20N4O. The van der Waals surface area contributed by atoms with Gasteiger partial charge in [0.25, 0.3) is 0 Å². The number of carbonyl (C=O) groups excluding carboxylic acids is 1. The quantitative estimate of drug-likeness (QED) is 0.743. The van der Waals surface area contributed by atoms with Gasteiger partial charge in [0.05, 0.1) is 5.69 Å². The van der Waals surface area contributed by atoms with Crippen LogP contribution in [0.5, 0.6) is 0 Å². The zero-order valence-electron chi connectivity index (χ0n) is 14.1. The van der Waals surface area contributed by atoms with E-state index >= 15 is 0 Å². The smallest absolute Gasteiger partial charge is 0.219 e. The molecule has 0 radical (unpaired) electrons. The first-order valence-corrected chi connectivity index (χ1v) is 8.41. The molecule has 1 aliphatic rings. The summed E-state index contributed by atoms with van der Waals surface area (Å²) in [5.74, 6) is 0.618. The second-order valence-corrected chi connectivity index (χ2v) is 6.34. The molecule has 126 valence electrons. The molecule has 0 atom stereocenters. The predicted molar refractivity (Wildman–Crippen MR) is 101 cm³/mol. The summed E-state index contributed by atoms with van der Waals surface area (Å²) in [4.78, 5) is 23.2. The van der Waals surface area contributed by atoms with E-state index in [4.69, 9.17) is 0 Å². The number of hydrogen-bond donors (Lipinski definition) is 1. The Labute approximate surface area is 146 Å². The van der Waals surface area contributed by atoms with E-state index in [9.17, 15) is 4.79 Å². The highest BCUT2D eigenvalue weighted by molar-refractivity contribution is 5.97. The number of carbonyl (C=O) groups is 1. The van der Waals surface area contributed by atoms with Gasteiger partial charge in [-0.2, -0.15) is 0 Å². The summed E-state index contributed by atoms with van der Waals surface area (Å²) >= 11 is 0. The van der Waals surface area contributed by atoms with Crippen LogP contribution in [0.15, 0.2) is 54.9 Å². The molecule has 3 aromatic rings. The van der Waals surface area contributed by atoms with Crippen molar-refractivity contribution in [1.29, 1.82) is 0 Å². The number of nitrogens with one attached hydrogen (secondary N) is 1. The molecule has 0 spiro atoms. The molecule has 3 heterocycles. The van der Waals surface area contributed by atoms with Gasteiger partial charge in [0, 0.05) is 41.9 Å². The van der Waals surface area contributed by atoms with E-state index in [0.717, 1.165) is 42.5 Å². The molecule has 1 aromatic carbocycles. The molecule has 1 aliphatic heterocycles. The maximum atomic E-state index is 11.7. The minimum Gasteiger partial charge on any atom is -0.361 e. The number of aromatic amines is 1. The second kappa shape index (κ2) is 6.53. The normalized spacial score (nSPS) is 15.2. The number of likely N-dealkylation sites (N-methyl/N-ethyl adjacent to an activating group) is 1. The van der Waals surface area contributed by atoms with Crippen LogP contribution in [0.25, 0.3) is 16.5 Å². The van der Waals surface area contributed by atoms with Crippen LogP contribution in [0.1, 0.15) is 12.0 Å². The molecule has 0 aliphatic carbocycles. The Morgan fingerprint density at radius 2 is 2.20 bits per heavy atom. The van der Waals surface area contributed by atoms with Crippen molar-refractivity contribution in [2.24, 2.45) is 0 Å². The van der Waals surface area contributed by atoms with Crippen LogP contribution >= 0.6 is 0 Å². The largest absolute Gasteiger partial charge is 0.361 e. The monoisotopic (exact) mass is 332 g/mol. The van der Waals surface area contributed by atoms with Gasteiger partial charge in [0.1, 0.15) is 5.82 Å². The van der Waals surface area contributed by atoms with Crippen LogP contribution in [0.3, 0.4) is 0 Å². The summed E-state index contributed by atoms with van der Waals surface area (Å²) in [6, 6.07) is 11.6. The zero-order chi connectivity index (χ0) is 17.2. The van der Waals surface area contributed by atoms with Crippen molar-refractivity contribution < 1.29 is 4.79 Å². The first-order chi connectivity index (χ1) is 12.3.